The maximum absolute atomic E-state index is 13.1. The van der Waals surface area contributed by atoms with E-state index < -0.39 is 0 Å². The van der Waals surface area contributed by atoms with Crippen molar-refractivity contribution in [3.63, 3.8) is 0 Å². The fourth-order valence-electron chi connectivity index (χ4n) is 3.77. The predicted molar refractivity (Wildman–Crippen MR) is 112 cm³/mol. The summed E-state index contributed by atoms with van der Waals surface area (Å²) in [5.41, 5.74) is 3.53. The van der Waals surface area contributed by atoms with Crippen molar-refractivity contribution < 1.29 is 9.59 Å². The highest BCUT2D eigenvalue weighted by Crippen LogP contribution is 2.25. The number of carbonyl (C=O) groups excluding carboxylic acids is 2. The number of aromatic nitrogens is 1. The van der Waals surface area contributed by atoms with Gasteiger partial charge in [-0.05, 0) is 44.0 Å². The van der Waals surface area contributed by atoms with Gasteiger partial charge in [0, 0.05) is 55.9 Å². The molecular weight excluding hydrogens is 374 g/mol. The number of hydrogen-bond acceptors (Lipinski definition) is 5. The summed E-state index contributed by atoms with van der Waals surface area (Å²) in [6, 6.07) is 5.54. The number of nitrogens with one attached hydrogen (secondary N) is 1. The lowest BCUT2D eigenvalue weighted by Gasteiger charge is -2.23. The molecule has 0 radical (unpaired) electrons. The van der Waals surface area contributed by atoms with Crippen LogP contribution in [0.4, 0.5) is 15.6 Å². The summed E-state index contributed by atoms with van der Waals surface area (Å²) in [7, 11) is 0. The minimum absolute atomic E-state index is 0.0534. The molecule has 0 spiro atoms. The number of urea groups is 1. The van der Waals surface area contributed by atoms with Gasteiger partial charge in [0.1, 0.15) is 0 Å². The van der Waals surface area contributed by atoms with Gasteiger partial charge in [-0.2, -0.15) is 0 Å². The van der Waals surface area contributed by atoms with Crippen molar-refractivity contribution >= 4 is 34.1 Å². The second-order valence-corrected chi connectivity index (χ2v) is 8.13. The Morgan fingerprint density at radius 3 is 2.68 bits per heavy atom. The highest BCUT2D eigenvalue weighted by atomic mass is 32.1. The van der Waals surface area contributed by atoms with Crippen molar-refractivity contribution in [1.82, 2.24) is 15.2 Å². The van der Waals surface area contributed by atoms with E-state index in [2.05, 4.69) is 20.6 Å². The monoisotopic (exact) mass is 399 g/mol. The zero-order valence-corrected chi connectivity index (χ0v) is 17.1. The standard InChI is InChI=1S/C20H25N5O2S/c1-14-12-16(4-5-17(14)25-9-6-21-19(25)27)18(26)23-7-3-8-24(11-10-23)20-22-15(2)13-28-20/h4-5,12-13H,3,6-11H2,1-2H3,(H,21,27). The van der Waals surface area contributed by atoms with Gasteiger partial charge in [0.15, 0.2) is 5.13 Å². The number of nitrogens with zero attached hydrogens (tertiary/aromatic N) is 4. The van der Waals surface area contributed by atoms with E-state index in [9.17, 15) is 9.59 Å². The number of thiazole rings is 1. The van der Waals surface area contributed by atoms with Gasteiger partial charge >= 0.3 is 6.03 Å². The summed E-state index contributed by atoms with van der Waals surface area (Å²) in [6.45, 7) is 8.41. The van der Waals surface area contributed by atoms with Crippen molar-refractivity contribution in [2.45, 2.75) is 20.3 Å². The molecule has 1 aromatic heterocycles. The predicted octanol–water partition coefficient (Wildman–Crippen LogP) is 2.64. The van der Waals surface area contributed by atoms with Crippen LogP contribution in [0.1, 0.15) is 28.0 Å². The van der Waals surface area contributed by atoms with Gasteiger partial charge < -0.3 is 15.1 Å². The van der Waals surface area contributed by atoms with Crippen LogP contribution in [-0.2, 0) is 0 Å². The summed E-state index contributed by atoms with van der Waals surface area (Å²) in [4.78, 5) is 35.5. The van der Waals surface area contributed by atoms with Gasteiger partial charge in [-0.3, -0.25) is 9.69 Å². The lowest BCUT2D eigenvalue weighted by molar-refractivity contribution is 0.0767. The zero-order chi connectivity index (χ0) is 19.7. The fraction of sp³-hybridized carbons (Fsp3) is 0.450. The Balaban J connectivity index is 1.45. The van der Waals surface area contributed by atoms with E-state index in [1.54, 1.807) is 16.2 Å². The lowest BCUT2D eigenvalue weighted by atomic mass is 10.1. The highest BCUT2D eigenvalue weighted by molar-refractivity contribution is 7.13. The first kappa shape index (κ1) is 18.7. The Morgan fingerprint density at radius 2 is 2.00 bits per heavy atom. The van der Waals surface area contributed by atoms with Gasteiger partial charge in [0.25, 0.3) is 5.91 Å². The molecule has 0 unspecified atom stereocenters. The fourth-order valence-corrected chi connectivity index (χ4v) is 4.63. The molecule has 2 fully saturated rings. The summed E-state index contributed by atoms with van der Waals surface area (Å²) >= 11 is 1.66. The van der Waals surface area contributed by atoms with Gasteiger partial charge in [-0.1, -0.05) is 0 Å². The van der Waals surface area contributed by atoms with Crippen LogP contribution in [0.5, 0.6) is 0 Å². The smallest absolute Gasteiger partial charge is 0.322 e. The van der Waals surface area contributed by atoms with Crippen molar-refractivity contribution in [2.75, 3.05) is 49.1 Å². The normalized spacial score (nSPS) is 17.6. The molecule has 0 saturated carbocycles. The molecule has 1 aromatic carbocycles. The molecule has 4 rings (SSSR count). The number of hydrogen-bond donors (Lipinski definition) is 1. The average Bonchev–Trinajstić information content (AvgIpc) is 3.22. The molecule has 2 aliphatic heterocycles. The maximum Gasteiger partial charge on any atom is 0.322 e. The SMILES string of the molecule is Cc1csc(N2CCCN(C(=O)c3ccc(N4CCNC4=O)c(C)c3)CC2)n1. The first-order chi connectivity index (χ1) is 13.5. The zero-order valence-electron chi connectivity index (χ0n) is 16.3. The van der Waals surface area contributed by atoms with Gasteiger partial charge in [0.05, 0.1) is 5.69 Å². The Hall–Kier alpha value is -2.61. The Labute approximate surface area is 169 Å². The number of rotatable bonds is 3. The molecule has 1 N–H and O–H groups in total. The number of benzene rings is 1. The average molecular weight is 400 g/mol. The van der Waals surface area contributed by atoms with Crippen molar-refractivity contribution in [3.8, 4) is 0 Å². The van der Waals surface area contributed by atoms with E-state index in [-0.39, 0.29) is 11.9 Å². The van der Waals surface area contributed by atoms with Crippen LogP contribution in [0.15, 0.2) is 23.6 Å². The highest BCUT2D eigenvalue weighted by Gasteiger charge is 2.25. The van der Waals surface area contributed by atoms with Crippen molar-refractivity contribution in [3.05, 3.63) is 40.4 Å². The molecule has 0 atom stereocenters. The largest absolute Gasteiger partial charge is 0.346 e. The molecule has 3 heterocycles. The van der Waals surface area contributed by atoms with Gasteiger partial charge in [-0.15, -0.1) is 11.3 Å². The first-order valence-corrected chi connectivity index (χ1v) is 10.5. The van der Waals surface area contributed by atoms with E-state index in [1.165, 1.54) is 0 Å². The first-order valence-electron chi connectivity index (χ1n) is 9.65. The quantitative estimate of drug-likeness (QED) is 0.862. The number of carbonyl (C=O) groups is 2. The third-order valence-corrected chi connectivity index (χ3v) is 6.27. The number of anilines is 2. The number of amides is 3. The topological polar surface area (TPSA) is 68.8 Å². The van der Waals surface area contributed by atoms with Crippen LogP contribution < -0.4 is 15.1 Å². The molecule has 0 aliphatic carbocycles. The van der Waals surface area contributed by atoms with E-state index in [0.717, 1.165) is 48.1 Å². The van der Waals surface area contributed by atoms with Crippen LogP contribution in [0.2, 0.25) is 0 Å². The van der Waals surface area contributed by atoms with Crippen LogP contribution >= 0.6 is 11.3 Å². The lowest BCUT2D eigenvalue weighted by Crippen LogP contribution is -2.35. The molecular formula is C20H25N5O2S. The van der Waals surface area contributed by atoms with E-state index in [4.69, 9.17) is 0 Å². The van der Waals surface area contributed by atoms with Crippen molar-refractivity contribution in [2.24, 2.45) is 0 Å². The third-order valence-electron chi connectivity index (χ3n) is 5.25. The summed E-state index contributed by atoms with van der Waals surface area (Å²) < 4.78 is 0. The summed E-state index contributed by atoms with van der Waals surface area (Å²) in [6.07, 6.45) is 0.926. The minimum atomic E-state index is -0.0767. The van der Waals surface area contributed by atoms with Crippen LogP contribution in [-0.4, -0.2) is 61.1 Å². The summed E-state index contributed by atoms with van der Waals surface area (Å²) in [5.74, 6) is 0.0534. The second kappa shape index (κ2) is 7.79. The van der Waals surface area contributed by atoms with Gasteiger partial charge in [0.2, 0.25) is 0 Å². The Morgan fingerprint density at radius 1 is 1.14 bits per heavy atom. The van der Waals surface area contributed by atoms with E-state index >= 15 is 0 Å². The van der Waals surface area contributed by atoms with Crippen LogP contribution in [0.25, 0.3) is 0 Å². The van der Waals surface area contributed by atoms with E-state index in [0.29, 0.717) is 25.2 Å². The Kier molecular flexibility index (Phi) is 5.21. The second-order valence-electron chi connectivity index (χ2n) is 7.29. The summed E-state index contributed by atoms with van der Waals surface area (Å²) in [5, 5.41) is 5.91. The molecule has 8 heteroatoms. The minimum Gasteiger partial charge on any atom is -0.346 e. The third kappa shape index (κ3) is 3.69. The maximum atomic E-state index is 13.1. The number of aryl methyl sites for hydroxylation is 2. The molecule has 2 aliphatic rings. The molecule has 2 saturated heterocycles. The van der Waals surface area contributed by atoms with Crippen molar-refractivity contribution in [1.29, 1.82) is 0 Å². The van der Waals surface area contributed by atoms with Crippen LogP contribution in [0, 0.1) is 13.8 Å². The molecule has 2 aromatic rings. The molecule has 0 bridgehead atoms. The molecule has 3 amide bonds. The molecule has 7 nitrogen and oxygen atoms in total. The molecule has 148 valence electrons. The molecule has 28 heavy (non-hydrogen) atoms. The van der Waals surface area contributed by atoms with Gasteiger partial charge in [-0.25, -0.2) is 9.78 Å². The van der Waals surface area contributed by atoms with Crippen LogP contribution in [0.3, 0.4) is 0 Å². The Bertz CT molecular complexity index is 896. The van der Waals surface area contributed by atoms with E-state index in [1.807, 2.05) is 36.9 Å².